The number of hydrogen-bond acceptors (Lipinski definition) is 5. The number of hydrazone groups is 1. The van der Waals surface area contributed by atoms with Crippen molar-refractivity contribution in [2.24, 2.45) is 11.0 Å². The zero-order valence-electron chi connectivity index (χ0n) is 20.2. The van der Waals surface area contributed by atoms with Crippen molar-refractivity contribution in [2.75, 3.05) is 11.6 Å². The van der Waals surface area contributed by atoms with Gasteiger partial charge in [-0.25, -0.2) is 0 Å². The number of esters is 1. The predicted molar refractivity (Wildman–Crippen MR) is 129 cm³/mol. The molecule has 3 unspecified atom stereocenters. The van der Waals surface area contributed by atoms with Crippen molar-refractivity contribution in [3.8, 4) is 0 Å². The minimum Gasteiger partial charge on any atom is -0.466 e. The van der Waals surface area contributed by atoms with Gasteiger partial charge in [-0.15, -0.1) is 5.56 Å². The average molecular weight is 535 g/mol. The number of hydrogen-bond donors (Lipinski definition) is 1. The van der Waals surface area contributed by atoms with Crippen LogP contribution in [-0.4, -0.2) is 30.2 Å². The van der Waals surface area contributed by atoms with Crippen LogP contribution < -0.4 is 10.3 Å². The molecule has 1 saturated carbocycles. The molecule has 3 atom stereocenters. The molecule has 177 valence electrons. The van der Waals surface area contributed by atoms with Crippen molar-refractivity contribution in [1.29, 1.82) is 0 Å². The van der Waals surface area contributed by atoms with E-state index >= 15 is 0 Å². The number of nitrogens with zero attached hydrogens (tertiary/aromatic N) is 2. The molecule has 2 aromatic carbocycles. The van der Waals surface area contributed by atoms with E-state index in [9.17, 15) is 9.59 Å². The Labute approximate surface area is 227 Å². The van der Waals surface area contributed by atoms with Gasteiger partial charge >= 0.3 is 5.97 Å². The van der Waals surface area contributed by atoms with Crippen molar-refractivity contribution >= 4 is 23.3 Å². The summed E-state index contributed by atoms with van der Waals surface area (Å²) < 4.78 is 5.20. The van der Waals surface area contributed by atoms with Gasteiger partial charge in [0.05, 0.1) is 24.3 Å². The molecule has 34 heavy (non-hydrogen) atoms. The summed E-state index contributed by atoms with van der Waals surface area (Å²) in [4.78, 5) is 25.4. The maximum Gasteiger partial charge on any atom is 0.308 e. The molecule has 2 aliphatic rings. The van der Waals surface area contributed by atoms with Crippen molar-refractivity contribution in [2.45, 2.75) is 65.0 Å². The summed E-state index contributed by atoms with van der Waals surface area (Å²) in [6.45, 7) is 6.35. The fourth-order valence-electron chi connectivity index (χ4n) is 4.88. The van der Waals surface area contributed by atoms with Crippen molar-refractivity contribution in [1.82, 2.24) is 5.32 Å². The second-order valence-corrected chi connectivity index (χ2v) is 9.02. The van der Waals surface area contributed by atoms with Gasteiger partial charge in [-0.1, -0.05) is 24.1 Å². The van der Waals surface area contributed by atoms with Gasteiger partial charge in [0, 0.05) is 45.2 Å². The summed E-state index contributed by atoms with van der Waals surface area (Å²) in [6, 6.07) is 17.1. The first-order chi connectivity index (χ1) is 16.0. The number of amides is 1. The Hall–Kier alpha value is -2.05. The summed E-state index contributed by atoms with van der Waals surface area (Å²) in [6.07, 6.45) is 3.74. The molecule has 2 aromatic rings. The number of aryl methyl sites for hydroxylation is 2. The quantitative estimate of drug-likeness (QED) is 0.432. The molecule has 0 aromatic heterocycles. The van der Waals surface area contributed by atoms with Gasteiger partial charge in [0.2, 0.25) is 0 Å². The molecule has 1 radical (unpaired) electrons. The first-order valence-electron chi connectivity index (χ1n) is 11.8. The third-order valence-corrected chi connectivity index (χ3v) is 6.53. The number of anilines is 1. The van der Waals surface area contributed by atoms with E-state index in [0.29, 0.717) is 25.2 Å². The molecule has 6 nitrogen and oxygen atoms in total. The van der Waals surface area contributed by atoms with Crippen LogP contribution in [-0.2, 0) is 47.0 Å². The van der Waals surface area contributed by atoms with E-state index < -0.39 is 0 Å². The minimum atomic E-state index is -0.156. The standard InChI is InChI=1S/C27H32N3O3.Y/c1-4-33-27(32)21-11-8-12-22(16-21)28-26(31)23-17-25(20-9-6-5-7-10-20)30(29-23)24-14-13-18(2)15-19(24)3;/h6-7,9-10,13-15,21-22,25H,4,8,11-12,16-17H2,1-3H3,(H,28,31);/q-1;. The van der Waals surface area contributed by atoms with Gasteiger partial charge < -0.3 is 10.1 Å². The van der Waals surface area contributed by atoms with E-state index in [1.165, 1.54) is 5.56 Å². The van der Waals surface area contributed by atoms with Crippen LogP contribution in [0.2, 0.25) is 0 Å². The van der Waals surface area contributed by atoms with Crippen LogP contribution >= 0.6 is 0 Å². The summed E-state index contributed by atoms with van der Waals surface area (Å²) in [5.41, 5.74) is 4.93. The molecule has 0 bridgehead atoms. The number of ether oxygens (including phenoxy) is 1. The smallest absolute Gasteiger partial charge is 0.308 e. The molecule has 1 heterocycles. The fraction of sp³-hybridized carbons (Fsp3) is 0.444. The first-order valence-corrected chi connectivity index (χ1v) is 11.8. The SMILES string of the molecule is CCOC(=O)C1CCCC(NC(=O)C2=NN(c3ccc(C)cc3C)C(c3cc[c-]cc3)C2)C1.[Y]. The van der Waals surface area contributed by atoms with Crippen molar-refractivity contribution in [3.05, 3.63) is 65.2 Å². The maximum absolute atomic E-state index is 13.2. The van der Waals surface area contributed by atoms with E-state index in [2.05, 4.69) is 43.4 Å². The minimum absolute atomic E-state index is 0. The van der Waals surface area contributed by atoms with Crippen LogP contribution in [0, 0.1) is 25.8 Å². The van der Waals surface area contributed by atoms with E-state index in [-0.39, 0.29) is 62.6 Å². The molecule has 1 aliphatic heterocycles. The number of carbonyl (C=O) groups excluding carboxylic acids is 2. The van der Waals surface area contributed by atoms with Gasteiger partial charge in [-0.05, 0) is 51.7 Å². The fourth-order valence-corrected chi connectivity index (χ4v) is 4.88. The Bertz CT molecular complexity index is 1040. The molecule has 4 rings (SSSR count). The summed E-state index contributed by atoms with van der Waals surface area (Å²) in [5.74, 6) is -0.449. The number of benzene rings is 2. The van der Waals surface area contributed by atoms with E-state index in [0.717, 1.165) is 36.1 Å². The number of carbonyl (C=O) groups is 2. The van der Waals surface area contributed by atoms with E-state index in [1.807, 2.05) is 36.2 Å². The van der Waals surface area contributed by atoms with Crippen LogP contribution in [0.3, 0.4) is 0 Å². The van der Waals surface area contributed by atoms with Crippen LogP contribution in [0.25, 0.3) is 0 Å². The first kappa shape index (κ1) is 26.6. The summed E-state index contributed by atoms with van der Waals surface area (Å²) in [5, 5.41) is 9.91. The van der Waals surface area contributed by atoms with Crippen LogP contribution in [0.4, 0.5) is 5.69 Å². The normalized spacial score (nSPS) is 21.9. The molecule has 1 aliphatic carbocycles. The third kappa shape index (κ3) is 6.14. The second kappa shape index (κ2) is 12.1. The monoisotopic (exact) mass is 535 g/mol. The number of nitrogens with one attached hydrogen (secondary N) is 1. The Balaban J connectivity index is 0.00000324. The van der Waals surface area contributed by atoms with Gasteiger partial charge in [0.1, 0.15) is 5.71 Å². The van der Waals surface area contributed by atoms with Gasteiger partial charge in [0.25, 0.3) is 5.91 Å². The van der Waals surface area contributed by atoms with Crippen LogP contribution in [0.1, 0.15) is 61.8 Å². The molecular weight excluding hydrogens is 503 g/mol. The molecular formula is C27H32N3O3Y-. The van der Waals surface area contributed by atoms with Crippen molar-refractivity contribution in [3.63, 3.8) is 0 Å². The van der Waals surface area contributed by atoms with E-state index in [4.69, 9.17) is 9.84 Å². The Kier molecular flexibility index (Phi) is 9.43. The predicted octanol–water partition coefficient (Wildman–Crippen LogP) is 4.65. The number of rotatable bonds is 6. The Morgan fingerprint density at radius 2 is 1.94 bits per heavy atom. The zero-order valence-corrected chi connectivity index (χ0v) is 23.1. The molecule has 1 amide bonds. The Morgan fingerprint density at radius 1 is 1.18 bits per heavy atom. The molecule has 1 fully saturated rings. The molecule has 7 heteroatoms. The van der Waals surface area contributed by atoms with Crippen LogP contribution in [0.5, 0.6) is 0 Å². The second-order valence-electron chi connectivity index (χ2n) is 9.02. The largest absolute Gasteiger partial charge is 0.466 e. The van der Waals surface area contributed by atoms with Crippen molar-refractivity contribution < 1.29 is 47.0 Å². The molecule has 1 N–H and O–H groups in total. The average Bonchev–Trinajstić information content (AvgIpc) is 3.25. The van der Waals surface area contributed by atoms with Crippen LogP contribution in [0.15, 0.2) is 47.6 Å². The topological polar surface area (TPSA) is 71.0 Å². The van der Waals surface area contributed by atoms with Gasteiger partial charge in [0.15, 0.2) is 0 Å². The van der Waals surface area contributed by atoms with Gasteiger partial charge in [-0.3, -0.25) is 14.6 Å². The summed E-state index contributed by atoms with van der Waals surface area (Å²) in [7, 11) is 0. The Morgan fingerprint density at radius 3 is 2.65 bits per heavy atom. The zero-order chi connectivity index (χ0) is 23.4. The third-order valence-electron chi connectivity index (χ3n) is 6.53. The van der Waals surface area contributed by atoms with E-state index in [1.54, 1.807) is 0 Å². The molecule has 0 saturated heterocycles. The maximum atomic E-state index is 13.2. The van der Waals surface area contributed by atoms with Gasteiger partial charge in [-0.2, -0.15) is 35.4 Å². The molecule has 0 spiro atoms. The summed E-state index contributed by atoms with van der Waals surface area (Å²) >= 11 is 0.